The van der Waals surface area contributed by atoms with Crippen molar-refractivity contribution in [1.29, 1.82) is 0 Å². The topological polar surface area (TPSA) is 0 Å². The van der Waals surface area contributed by atoms with E-state index < -0.39 is 42.7 Å². The van der Waals surface area contributed by atoms with Crippen LogP contribution >= 0.6 is 0 Å². The molecule has 0 aromatic rings. The molecule has 0 amide bonds. The van der Waals surface area contributed by atoms with Crippen LogP contribution in [0.5, 0.6) is 0 Å². The molecule has 2 aliphatic carbocycles. The van der Waals surface area contributed by atoms with Gasteiger partial charge in [0.05, 0.1) is 0 Å². The third kappa shape index (κ3) is 5.48. The van der Waals surface area contributed by atoms with Crippen LogP contribution in [0.4, 0.5) is 0 Å². The Hall–Kier alpha value is -0.0392. The average molecular weight is 536 g/mol. The van der Waals surface area contributed by atoms with Gasteiger partial charge < -0.3 is 0 Å². The van der Waals surface area contributed by atoms with E-state index in [0.29, 0.717) is 0 Å². The molecule has 0 aromatic carbocycles. The van der Waals surface area contributed by atoms with Crippen LogP contribution in [0.2, 0.25) is 52.4 Å². The first-order valence-corrected chi connectivity index (χ1v) is 28.9. The molecule has 0 atom stereocenters. The Morgan fingerprint density at radius 3 is 1.42 bits per heavy atom. The van der Waals surface area contributed by atoms with Gasteiger partial charge in [0.15, 0.2) is 0 Å². The maximum atomic E-state index is 2.63. The molecule has 2 aliphatic rings. The van der Waals surface area contributed by atoms with E-state index in [4.69, 9.17) is 0 Å². The fourth-order valence-electron chi connectivity index (χ4n) is 3.31. The van der Waals surface area contributed by atoms with Crippen molar-refractivity contribution in [3.8, 4) is 0 Å². The van der Waals surface area contributed by atoms with Crippen LogP contribution in [0.1, 0.15) is 0 Å². The molecule has 0 nitrogen and oxygen atoms in total. The van der Waals surface area contributed by atoms with Gasteiger partial charge in [-0.2, -0.15) is 0 Å². The Balaban J connectivity index is 2.42. The van der Waals surface area contributed by atoms with Crippen LogP contribution in [0.15, 0.2) is 65.7 Å². The summed E-state index contributed by atoms with van der Waals surface area (Å²) in [4.78, 5) is 0. The van der Waals surface area contributed by atoms with E-state index in [1.807, 2.05) is 0 Å². The molecule has 0 aliphatic heterocycles. The summed E-state index contributed by atoms with van der Waals surface area (Å²) in [6.07, 6.45) is 14.4. The van der Waals surface area contributed by atoms with Gasteiger partial charge in [0.1, 0.15) is 0 Å². The molecule has 24 heavy (non-hydrogen) atoms. The predicted octanol–water partition coefficient (Wildman–Crippen LogP) is 6.10. The zero-order valence-electron chi connectivity index (χ0n) is 16.7. The molecule has 0 bridgehead atoms. The van der Waals surface area contributed by atoms with Crippen LogP contribution in [0.25, 0.3) is 0 Å². The monoisotopic (exact) mass is 537 g/mol. The van der Waals surface area contributed by atoms with Crippen LogP contribution in [0.3, 0.4) is 0 Å². The van der Waals surface area contributed by atoms with E-state index in [9.17, 15) is 0 Å². The van der Waals surface area contributed by atoms with E-state index in [0.717, 1.165) is 0 Å². The molecule has 0 unspecified atom stereocenters. The Morgan fingerprint density at radius 1 is 0.750 bits per heavy atom. The van der Waals surface area contributed by atoms with Gasteiger partial charge in [-0.3, -0.25) is 0 Å². The van der Waals surface area contributed by atoms with Gasteiger partial charge in [-0.15, -0.1) is 0 Å². The van der Waals surface area contributed by atoms with Crippen LogP contribution < -0.4 is 0 Å². The molecule has 0 fully saturated rings. The summed E-state index contributed by atoms with van der Waals surface area (Å²) >= 11 is -1.96. The molecule has 0 saturated carbocycles. The molecule has 0 radical (unpaired) electrons. The molecule has 0 N–H and O–H groups in total. The minimum atomic E-state index is -1.96. The number of hydrogen-bond donors (Lipinski definition) is 0. The summed E-state index contributed by atoms with van der Waals surface area (Å²) < 4.78 is 3.58. The van der Waals surface area contributed by atoms with Gasteiger partial charge in [-0.1, -0.05) is 0 Å². The Morgan fingerprint density at radius 2 is 1.12 bits per heavy atom. The average Bonchev–Trinajstić information content (AvgIpc) is 2.97. The third-order valence-corrected chi connectivity index (χ3v) is 32.5. The van der Waals surface area contributed by atoms with E-state index >= 15 is 0 Å². The van der Waals surface area contributed by atoms with Crippen molar-refractivity contribution in [2.24, 2.45) is 0 Å². The molecule has 2 rings (SSSR count). The molecule has 4 heteroatoms. The van der Waals surface area contributed by atoms with Crippen molar-refractivity contribution in [2.75, 3.05) is 0 Å². The maximum absolute atomic E-state index is 2.63. The van der Waals surface area contributed by atoms with Gasteiger partial charge in [-0.05, 0) is 0 Å². The van der Waals surface area contributed by atoms with Gasteiger partial charge in [-0.25, -0.2) is 0 Å². The molecule has 0 aromatic heterocycles. The summed E-state index contributed by atoms with van der Waals surface area (Å²) in [7, 11) is -2.37. The third-order valence-electron chi connectivity index (χ3n) is 4.03. The number of hydrogen-bond acceptors (Lipinski definition) is 0. The van der Waals surface area contributed by atoms with Crippen molar-refractivity contribution in [1.82, 2.24) is 0 Å². The number of allylic oxidation sites excluding steroid dienone is 10. The Bertz CT molecular complexity index is 619. The van der Waals surface area contributed by atoms with Crippen LogP contribution in [-0.4, -0.2) is 22.1 Å². The first-order valence-electron chi connectivity index (χ1n) is 9.09. The molecule has 0 heterocycles. The zero-order chi connectivity index (χ0) is 18.1. The Labute approximate surface area is 160 Å². The second kappa shape index (κ2) is 7.68. The summed E-state index contributed by atoms with van der Waals surface area (Å²) in [5.41, 5.74) is 8.46. The second-order valence-corrected chi connectivity index (χ2v) is 45.7. The molecular weight excluding hydrogens is 503 g/mol. The SMILES string of the molecule is C[SiH](C)[Hf]([C]1=CC=CC1=C[Si](C)(C)C)[C]1=CC=CC1=C[Si](C)(C)C. The zero-order valence-corrected chi connectivity index (χ0v) is 23.4. The van der Waals surface area contributed by atoms with E-state index in [1.165, 1.54) is 0 Å². The van der Waals surface area contributed by atoms with E-state index in [2.05, 4.69) is 100 Å². The number of rotatable bonds is 5. The first-order chi connectivity index (χ1) is 11.0. The first kappa shape index (κ1) is 20.3. The summed E-state index contributed by atoms with van der Waals surface area (Å²) in [6, 6.07) is 0. The van der Waals surface area contributed by atoms with Gasteiger partial charge in [0.25, 0.3) is 0 Å². The summed E-state index contributed by atoms with van der Waals surface area (Å²) in [5.74, 6) is -0.659. The quantitative estimate of drug-likeness (QED) is 0.373. The van der Waals surface area contributed by atoms with Crippen LogP contribution in [0, 0.1) is 0 Å². The predicted molar refractivity (Wildman–Crippen MR) is 116 cm³/mol. The van der Waals surface area contributed by atoms with Crippen molar-refractivity contribution in [3.63, 3.8) is 0 Å². The van der Waals surface area contributed by atoms with Gasteiger partial charge in [0.2, 0.25) is 0 Å². The van der Waals surface area contributed by atoms with Crippen molar-refractivity contribution in [3.05, 3.63) is 65.7 Å². The standard InChI is InChI=1S/2C9H13Si.C2H7Si.Hf/c2*1-10(2,3)8-9-6-4-5-7-9;1-3-2;/h2*4-6,8H,1-3H3;3H,1-2H3;. The van der Waals surface area contributed by atoms with Crippen LogP contribution in [-0.2, 0) is 20.6 Å². The minimum absolute atomic E-state index is 0.659. The summed E-state index contributed by atoms with van der Waals surface area (Å²) in [6.45, 7) is 19.9. The van der Waals surface area contributed by atoms with Crippen molar-refractivity contribution < 1.29 is 20.6 Å². The fourth-order valence-corrected chi connectivity index (χ4v) is 32.0. The van der Waals surface area contributed by atoms with E-state index in [-0.39, 0.29) is 0 Å². The molecule has 0 saturated heterocycles. The van der Waals surface area contributed by atoms with Gasteiger partial charge in [0, 0.05) is 0 Å². The molecular formula is C20H33HfSi3. The van der Waals surface area contributed by atoms with Gasteiger partial charge >= 0.3 is 161 Å². The van der Waals surface area contributed by atoms with Crippen molar-refractivity contribution in [2.45, 2.75) is 52.4 Å². The molecule has 0 spiro atoms. The summed E-state index contributed by atoms with van der Waals surface area (Å²) in [5, 5.41) is 0. The fraction of sp³-hybridized carbons (Fsp3) is 0.400. The Kier molecular flexibility index (Phi) is 6.49. The second-order valence-electron chi connectivity index (χ2n) is 9.38. The van der Waals surface area contributed by atoms with E-state index in [1.54, 1.807) is 17.8 Å². The molecule has 129 valence electrons. The normalized spacial score (nSPS) is 21.2. The van der Waals surface area contributed by atoms with Crippen molar-refractivity contribution >= 4 is 22.1 Å².